The average molecular weight is 365 g/mol. The predicted octanol–water partition coefficient (Wildman–Crippen LogP) is 4.24. The third-order valence-electron chi connectivity index (χ3n) is 4.52. The molecular weight excluding hydrogens is 341 g/mol. The highest BCUT2D eigenvalue weighted by atomic mass is 32.2. The second kappa shape index (κ2) is 6.44. The maximum atomic E-state index is 13.9. The van der Waals surface area contributed by atoms with Crippen molar-refractivity contribution >= 4 is 15.7 Å². The van der Waals surface area contributed by atoms with Crippen LogP contribution in [0, 0.1) is 5.82 Å². The Balaban J connectivity index is 2.03. The highest BCUT2D eigenvalue weighted by Crippen LogP contribution is 2.34. The lowest BCUT2D eigenvalue weighted by Crippen LogP contribution is -2.20. The normalized spacial score (nSPS) is 16.3. The molecule has 7 heteroatoms. The van der Waals surface area contributed by atoms with Crippen LogP contribution in [0.1, 0.15) is 58.2 Å². The third kappa shape index (κ3) is 3.71. The van der Waals surface area contributed by atoms with Crippen LogP contribution in [0.4, 0.5) is 10.1 Å². The van der Waals surface area contributed by atoms with E-state index in [4.69, 9.17) is 0 Å². The van der Waals surface area contributed by atoms with Crippen LogP contribution in [0.5, 0.6) is 0 Å². The number of anilines is 1. The summed E-state index contributed by atoms with van der Waals surface area (Å²) in [6, 6.07) is 5.98. The number of para-hydroxylation sites is 1. The number of nitrogens with zero attached hydrogens (tertiary/aromatic N) is 2. The van der Waals surface area contributed by atoms with Gasteiger partial charge in [-0.2, -0.15) is 5.10 Å². The quantitative estimate of drug-likeness (QED) is 0.881. The summed E-state index contributed by atoms with van der Waals surface area (Å²) in [7, 11) is -3.93. The van der Waals surface area contributed by atoms with Gasteiger partial charge in [0.1, 0.15) is 10.7 Å². The van der Waals surface area contributed by atoms with Crippen LogP contribution in [-0.2, 0) is 15.4 Å². The van der Waals surface area contributed by atoms with Gasteiger partial charge in [-0.05, 0) is 25.0 Å². The summed E-state index contributed by atoms with van der Waals surface area (Å²) in [5.74, 6) is -0.605. The SMILES string of the molecule is CC(C)(C)c1nn(C2CCCC2)cc1S(=O)(=O)Nc1ccccc1F. The van der Waals surface area contributed by atoms with E-state index in [9.17, 15) is 12.8 Å². The molecule has 0 atom stereocenters. The van der Waals surface area contributed by atoms with E-state index in [-0.39, 0.29) is 16.6 Å². The molecule has 1 fully saturated rings. The number of halogens is 1. The highest BCUT2D eigenvalue weighted by molar-refractivity contribution is 7.92. The van der Waals surface area contributed by atoms with Crippen molar-refractivity contribution < 1.29 is 12.8 Å². The third-order valence-corrected chi connectivity index (χ3v) is 5.88. The first-order valence-electron chi connectivity index (χ1n) is 8.55. The molecule has 0 spiro atoms. The molecule has 1 heterocycles. The first-order chi connectivity index (χ1) is 11.7. The van der Waals surface area contributed by atoms with E-state index in [0.29, 0.717) is 5.69 Å². The molecule has 0 radical (unpaired) electrons. The van der Waals surface area contributed by atoms with Gasteiger partial charge < -0.3 is 0 Å². The van der Waals surface area contributed by atoms with Gasteiger partial charge >= 0.3 is 0 Å². The molecular formula is C18H24FN3O2S. The van der Waals surface area contributed by atoms with Crippen LogP contribution in [-0.4, -0.2) is 18.2 Å². The summed E-state index contributed by atoms with van der Waals surface area (Å²) in [4.78, 5) is 0.121. The lowest BCUT2D eigenvalue weighted by atomic mass is 9.92. The lowest BCUT2D eigenvalue weighted by Gasteiger charge is -2.18. The molecule has 0 bridgehead atoms. The van der Waals surface area contributed by atoms with E-state index >= 15 is 0 Å². The van der Waals surface area contributed by atoms with Crippen LogP contribution >= 0.6 is 0 Å². The molecule has 5 nitrogen and oxygen atoms in total. The fourth-order valence-corrected chi connectivity index (χ4v) is 4.60. The topological polar surface area (TPSA) is 64.0 Å². The Kier molecular flexibility index (Phi) is 4.62. The molecule has 0 saturated heterocycles. The molecule has 136 valence electrons. The van der Waals surface area contributed by atoms with Crippen LogP contribution in [0.3, 0.4) is 0 Å². The molecule has 0 amide bonds. The fraction of sp³-hybridized carbons (Fsp3) is 0.500. The van der Waals surface area contributed by atoms with Gasteiger partial charge in [-0.1, -0.05) is 45.7 Å². The summed E-state index contributed by atoms with van der Waals surface area (Å²) in [6.45, 7) is 5.78. The van der Waals surface area contributed by atoms with Crippen molar-refractivity contribution in [2.45, 2.75) is 62.8 Å². The highest BCUT2D eigenvalue weighted by Gasteiger charge is 2.32. The van der Waals surface area contributed by atoms with Crippen LogP contribution in [0.2, 0.25) is 0 Å². The summed E-state index contributed by atoms with van der Waals surface area (Å²) in [5, 5.41) is 4.60. The molecule has 2 aromatic rings. The van der Waals surface area contributed by atoms with E-state index in [2.05, 4.69) is 9.82 Å². The van der Waals surface area contributed by atoms with Gasteiger partial charge in [0.2, 0.25) is 0 Å². The Morgan fingerprint density at radius 3 is 2.44 bits per heavy atom. The van der Waals surface area contributed by atoms with E-state index in [0.717, 1.165) is 25.7 Å². The number of hydrogen-bond acceptors (Lipinski definition) is 3. The largest absolute Gasteiger partial charge is 0.277 e. The van der Waals surface area contributed by atoms with Gasteiger partial charge in [0.15, 0.2) is 0 Å². The van der Waals surface area contributed by atoms with Crippen molar-refractivity contribution in [1.82, 2.24) is 9.78 Å². The number of sulfonamides is 1. The molecule has 25 heavy (non-hydrogen) atoms. The second-order valence-corrected chi connectivity index (χ2v) is 9.25. The zero-order chi connectivity index (χ0) is 18.2. The Morgan fingerprint density at radius 2 is 1.84 bits per heavy atom. The first kappa shape index (κ1) is 17.9. The smallest absolute Gasteiger partial charge is 0.265 e. The number of hydrogen-bond donors (Lipinski definition) is 1. The summed E-state index contributed by atoms with van der Waals surface area (Å²) >= 11 is 0. The van der Waals surface area contributed by atoms with Crippen molar-refractivity contribution in [2.75, 3.05) is 4.72 Å². The van der Waals surface area contributed by atoms with Crippen LogP contribution in [0.25, 0.3) is 0 Å². The molecule has 1 aliphatic carbocycles. The fourth-order valence-electron chi connectivity index (χ4n) is 3.19. The maximum Gasteiger partial charge on any atom is 0.265 e. The van der Waals surface area contributed by atoms with Crippen LogP contribution in [0.15, 0.2) is 35.4 Å². The first-order valence-corrected chi connectivity index (χ1v) is 10.0. The maximum absolute atomic E-state index is 13.9. The zero-order valence-electron chi connectivity index (χ0n) is 14.8. The van der Waals surface area contributed by atoms with Gasteiger partial charge in [-0.25, -0.2) is 12.8 Å². The molecule has 0 aliphatic heterocycles. The average Bonchev–Trinajstić information content (AvgIpc) is 3.17. The zero-order valence-corrected chi connectivity index (χ0v) is 15.6. The van der Waals surface area contributed by atoms with E-state index < -0.39 is 21.3 Å². The summed E-state index contributed by atoms with van der Waals surface area (Å²) < 4.78 is 43.9. The predicted molar refractivity (Wildman–Crippen MR) is 95.6 cm³/mol. The van der Waals surface area contributed by atoms with Gasteiger partial charge in [-0.15, -0.1) is 0 Å². The minimum atomic E-state index is -3.93. The van der Waals surface area contributed by atoms with Crippen molar-refractivity contribution in [3.05, 3.63) is 42.0 Å². The minimum Gasteiger partial charge on any atom is -0.277 e. The Morgan fingerprint density at radius 1 is 1.20 bits per heavy atom. The number of benzene rings is 1. The molecule has 1 saturated carbocycles. The van der Waals surface area contributed by atoms with Crippen molar-refractivity contribution in [3.63, 3.8) is 0 Å². The molecule has 1 aliphatic rings. The van der Waals surface area contributed by atoms with E-state index in [1.807, 2.05) is 20.8 Å². The van der Waals surface area contributed by atoms with Crippen molar-refractivity contribution in [1.29, 1.82) is 0 Å². The van der Waals surface area contributed by atoms with Crippen LogP contribution < -0.4 is 4.72 Å². The van der Waals surface area contributed by atoms with Gasteiger partial charge in [-0.3, -0.25) is 9.40 Å². The molecule has 1 aromatic heterocycles. The van der Waals surface area contributed by atoms with Gasteiger partial charge in [0.05, 0.1) is 17.4 Å². The standard InChI is InChI=1S/C18H24FN3O2S/c1-18(2,3)17-16(12-22(20-17)13-8-4-5-9-13)25(23,24)21-15-11-7-6-10-14(15)19/h6-7,10-13,21H,4-5,8-9H2,1-3H3. The van der Waals surface area contributed by atoms with Crippen molar-refractivity contribution in [3.8, 4) is 0 Å². The monoisotopic (exact) mass is 365 g/mol. The minimum absolute atomic E-state index is 0.0593. The Bertz CT molecular complexity index is 863. The van der Waals surface area contributed by atoms with E-state index in [1.54, 1.807) is 16.9 Å². The van der Waals surface area contributed by atoms with Gasteiger partial charge in [0.25, 0.3) is 10.0 Å². The molecule has 1 aromatic carbocycles. The number of aromatic nitrogens is 2. The number of nitrogens with one attached hydrogen (secondary N) is 1. The molecule has 1 N–H and O–H groups in total. The van der Waals surface area contributed by atoms with E-state index in [1.165, 1.54) is 18.2 Å². The second-order valence-electron chi connectivity index (χ2n) is 7.60. The lowest BCUT2D eigenvalue weighted by molar-refractivity contribution is 0.448. The Labute approximate surface area is 148 Å². The number of rotatable bonds is 4. The Hall–Kier alpha value is -1.89. The summed E-state index contributed by atoms with van der Waals surface area (Å²) in [6.07, 6.45) is 5.87. The van der Waals surface area contributed by atoms with Crippen molar-refractivity contribution in [2.24, 2.45) is 0 Å². The molecule has 3 rings (SSSR count). The molecule has 0 unspecified atom stereocenters. The summed E-state index contributed by atoms with van der Waals surface area (Å²) in [5.41, 5.74) is 0.00242. The van der Waals surface area contributed by atoms with Gasteiger partial charge in [0, 0.05) is 11.6 Å².